The minimum Gasteiger partial charge on any atom is -0.265 e. The highest BCUT2D eigenvalue weighted by Crippen LogP contribution is 2.30. The summed E-state index contributed by atoms with van der Waals surface area (Å²) in [5, 5.41) is 4.24. The van der Waals surface area contributed by atoms with Crippen LogP contribution in [0.2, 0.25) is 0 Å². The van der Waals surface area contributed by atoms with Crippen molar-refractivity contribution in [2.45, 2.75) is 0 Å². The molecule has 0 unspecified atom stereocenters. The molecular weight excluding hydrogens is 302 g/mol. The van der Waals surface area contributed by atoms with Gasteiger partial charge in [-0.25, -0.2) is 4.98 Å². The van der Waals surface area contributed by atoms with Crippen LogP contribution in [-0.2, 0) is 0 Å². The molecule has 0 aliphatic rings. The van der Waals surface area contributed by atoms with Gasteiger partial charge in [0.1, 0.15) is 0 Å². The van der Waals surface area contributed by atoms with Crippen LogP contribution in [-0.4, -0.2) is 15.0 Å². The van der Waals surface area contributed by atoms with Crippen LogP contribution >= 0.6 is 11.3 Å². The Kier molecular flexibility index (Phi) is 3.66. The van der Waals surface area contributed by atoms with Crippen molar-refractivity contribution in [1.29, 1.82) is 0 Å². The van der Waals surface area contributed by atoms with Crippen LogP contribution in [0.25, 0.3) is 33.6 Å². The molecular formula is C19H13N3S. The molecule has 110 valence electrons. The van der Waals surface area contributed by atoms with E-state index < -0.39 is 0 Å². The smallest absolute Gasteiger partial charge is 0.0731 e. The van der Waals surface area contributed by atoms with Crippen LogP contribution in [0, 0.1) is 0 Å². The van der Waals surface area contributed by atoms with E-state index in [0.717, 1.165) is 28.1 Å². The van der Waals surface area contributed by atoms with E-state index in [2.05, 4.69) is 38.9 Å². The molecule has 0 aliphatic carbocycles. The predicted octanol–water partition coefficient (Wildman–Crippen LogP) is 4.93. The van der Waals surface area contributed by atoms with E-state index in [1.807, 2.05) is 30.5 Å². The minimum atomic E-state index is 0.925. The Hall–Kier alpha value is -2.85. The van der Waals surface area contributed by atoms with Crippen molar-refractivity contribution < 1.29 is 0 Å². The van der Waals surface area contributed by atoms with Crippen LogP contribution in [0.4, 0.5) is 0 Å². The highest BCUT2D eigenvalue weighted by Gasteiger charge is 2.09. The van der Waals surface area contributed by atoms with Gasteiger partial charge in [-0.2, -0.15) is 11.3 Å². The second-order valence-corrected chi connectivity index (χ2v) is 5.90. The highest BCUT2D eigenvalue weighted by molar-refractivity contribution is 7.08. The topological polar surface area (TPSA) is 38.7 Å². The maximum atomic E-state index is 4.82. The molecule has 3 nitrogen and oxygen atoms in total. The van der Waals surface area contributed by atoms with E-state index in [1.54, 1.807) is 29.9 Å². The average Bonchev–Trinajstić information content (AvgIpc) is 3.18. The number of hydrogen-bond donors (Lipinski definition) is 0. The summed E-state index contributed by atoms with van der Waals surface area (Å²) in [4.78, 5) is 13.1. The minimum absolute atomic E-state index is 0.925. The quantitative estimate of drug-likeness (QED) is 0.538. The van der Waals surface area contributed by atoms with E-state index in [1.165, 1.54) is 5.56 Å². The lowest BCUT2D eigenvalue weighted by Crippen LogP contribution is -1.91. The molecule has 4 heterocycles. The molecule has 0 saturated carbocycles. The first-order valence-electron chi connectivity index (χ1n) is 7.25. The third-order valence-corrected chi connectivity index (χ3v) is 4.30. The van der Waals surface area contributed by atoms with Crippen molar-refractivity contribution in [2.24, 2.45) is 0 Å². The Labute approximate surface area is 138 Å². The maximum absolute atomic E-state index is 4.82. The van der Waals surface area contributed by atoms with E-state index >= 15 is 0 Å². The first-order chi connectivity index (χ1) is 11.4. The van der Waals surface area contributed by atoms with Gasteiger partial charge < -0.3 is 0 Å². The van der Waals surface area contributed by atoms with E-state index in [0.29, 0.717) is 0 Å². The number of aromatic nitrogens is 3. The van der Waals surface area contributed by atoms with Crippen molar-refractivity contribution >= 4 is 11.3 Å². The maximum Gasteiger partial charge on any atom is 0.0731 e. The van der Waals surface area contributed by atoms with Gasteiger partial charge in [0.15, 0.2) is 0 Å². The lowest BCUT2D eigenvalue weighted by atomic mass is 10.0. The standard InChI is InChI=1S/C19H13N3S/c1-2-15(12-21-6-1)19-11-17(16-5-9-23-13-16)10-18(22-19)14-3-7-20-8-4-14/h1-13H. The molecule has 4 heteroatoms. The van der Waals surface area contributed by atoms with Crippen LogP contribution in [0.1, 0.15) is 0 Å². The fourth-order valence-electron chi connectivity index (χ4n) is 2.46. The van der Waals surface area contributed by atoms with E-state index in [4.69, 9.17) is 4.98 Å². The van der Waals surface area contributed by atoms with Crippen molar-refractivity contribution in [3.63, 3.8) is 0 Å². The molecule has 0 N–H and O–H groups in total. The lowest BCUT2D eigenvalue weighted by molar-refractivity contribution is 1.27. The Morgan fingerprint density at radius 2 is 1.52 bits per heavy atom. The van der Waals surface area contributed by atoms with E-state index in [-0.39, 0.29) is 0 Å². The largest absolute Gasteiger partial charge is 0.265 e. The summed E-state index contributed by atoms with van der Waals surface area (Å²) in [6.45, 7) is 0. The number of thiophene rings is 1. The summed E-state index contributed by atoms with van der Waals surface area (Å²) in [5.41, 5.74) is 6.30. The Morgan fingerprint density at radius 3 is 2.22 bits per heavy atom. The van der Waals surface area contributed by atoms with Gasteiger partial charge in [0.25, 0.3) is 0 Å². The second-order valence-electron chi connectivity index (χ2n) is 5.12. The average molecular weight is 315 g/mol. The lowest BCUT2D eigenvalue weighted by Gasteiger charge is -2.08. The van der Waals surface area contributed by atoms with Crippen molar-refractivity contribution in [3.05, 3.63) is 78.0 Å². The van der Waals surface area contributed by atoms with Crippen molar-refractivity contribution in [3.8, 4) is 33.6 Å². The van der Waals surface area contributed by atoms with Gasteiger partial charge in [0, 0.05) is 35.9 Å². The number of pyridine rings is 3. The molecule has 4 aromatic rings. The summed E-state index contributed by atoms with van der Waals surface area (Å²) in [6.07, 6.45) is 7.20. The van der Waals surface area contributed by atoms with Crippen LogP contribution in [0.5, 0.6) is 0 Å². The van der Waals surface area contributed by atoms with Gasteiger partial charge in [-0.05, 0) is 64.4 Å². The number of rotatable bonds is 3. The molecule has 23 heavy (non-hydrogen) atoms. The van der Waals surface area contributed by atoms with Gasteiger partial charge in [0.2, 0.25) is 0 Å². The van der Waals surface area contributed by atoms with Gasteiger partial charge >= 0.3 is 0 Å². The summed E-state index contributed by atoms with van der Waals surface area (Å²) in [6, 6.07) is 14.3. The Balaban J connectivity index is 1.91. The van der Waals surface area contributed by atoms with Crippen LogP contribution in [0.3, 0.4) is 0 Å². The molecule has 0 amide bonds. The monoisotopic (exact) mass is 315 g/mol. The Morgan fingerprint density at radius 1 is 0.696 bits per heavy atom. The SMILES string of the molecule is c1cncc(-c2cc(-c3ccsc3)cc(-c3ccncc3)n2)c1. The highest BCUT2D eigenvalue weighted by atomic mass is 32.1. The molecule has 4 rings (SSSR count). The van der Waals surface area contributed by atoms with Gasteiger partial charge in [-0.1, -0.05) is 0 Å². The van der Waals surface area contributed by atoms with Crippen LogP contribution in [0.15, 0.2) is 78.0 Å². The molecule has 0 radical (unpaired) electrons. The van der Waals surface area contributed by atoms with E-state index in [9.17, 15) is 0 Å². The molecule has 0 bridgehead atoms. The number of nitrogens with zero attached hydrogens (tertiary/aromatic N) is 3. The van der Waals surface area contributed by atoms with Crippen molar-refractivity contribution in [2.75, 3.05) is 0 Å². The third kappa shape index (κ3) is 2.89. The zero-order valence-corrected chi connectivity index (χ0v) is 13.1. The first kappa shape index (κ1) is 13.8. The zero-order chi connectivity index (χ0) is 15.5. The molecule has 0 fully saturated rings. The zero-order valence-electron chi connectivity index (χ0n) is 12.3. The number of hydrogen-bond acceptors (Lipinski definition) is 4. The predicted molar refractivity (Wildman–Crippen MR) is 94.0 cm³/mol. The summed E-state index contributed by atoms with van der Waals surface area (Å²) < 4.78 is 0. The van der Waals surface area contributed by atoms with Crippen LogP contribution < -0.4 is 0 Å². The van der Waals surface area contributed by atoms with Gasteiger partial charge in [-0.15, -0.1) is 0 Å². The first-order valence-corrected chi connectivity index (χ1v) is 8.20. The fourth-order valence-corrected chi connectivity index (χ4v) is 3.12. The van der Waals surface area contributed by atoms with Gasteiger partial charge in [0.05, 0.1) is 11.4 Å². The third-order valence-electron chi connectivity index (χ3n) is 3.61. The molecule has 4 aromatic heterocycles. The van der Waals surface area contributed by atoms with Gasteiger partial charge in [-0.3, -0.25) is 9.97 Å². The summed E-state index contributed by atoms with van der Waals surface area (Å²) in [5.74, 6) is 0. The molecule has 0 aromatic carbocycles. The normalized spacial score (nSPS) is 10.6. The molecule has 0 spiro atoms. The van der Waals surface area contributed by atoms with Crippen molar-refractivity contribution in [1.82, 2.24) is 15.0 Å². The summed E-state index contributed by atoms with van der Waals surface area (Å²) >= 11 is 1.70. The molecule has 0 aliphatic heterocycles. The molecule has 0 atom stereocenters. The molecule has 0 saturated heterocycles. The summed E-state index contributed by atoms with van der Waals surface area (Å²) in [7, 11) is 0. The second kappa shape index (κ2) is 6.10. The Bertz CT molecular complexity index is 846. The fraction of sp³-hybridized carbons (Fsp3) is 0.